The van der Waals surface area contributed by atoms with Crippen LogP contribution in [0.2, 0.25) is 5.02 Å². The fourth-order valence-electron chi connectivity index (χ4n) is 2.92. The van der Waals surface area contributed by atoms with Crippen molar-refractivity contribution in [2.24, 2.45) is 5.92 Å². The van der Waals surface area contributed by atoms with Gasteiger partial charge in [-0.05, 0) is 55.3 Å². The molecule has 0 aliphatic rings. The number of benzene rings is 2. The van der Waals surface area contributed by atoms with Gasteiger partial charge in [-0.15, -0.1) is 0 Å². The van der Waals surface area contributed by atoms with Crippen LogP contribution >= 0.6 is 23.4 Å². The van der Waals surface area contributed by atoms with Crippen LogP contribution in [0, 0.1) is 5.92 Å². The van der Waals surface area contributed by atoms with E-state index in [1.165, 1.54) is 18.7 Å². The van der Waals surface area contributed by atoms with Gasteiger partial charge in [0.05, 0.1) is 16.7 Å². The van der Waals surface area contributed by atoms with Crippen molar-refractivity contribution in [3.05, 3.63) is 63.4 Å². The van der Waals surface area contributed by atoms with Crippen LogP contribution in [0.4, 0.5) is 5.69 Å². The second-order valence-corrected chi connectivity index (χ2v) is 8.71. The van der Waals surface area contributed by atoms with Crippen molar-refractivity contribution < 1.29 is 9.59 Å². The summed E-state index contributed by atoms with van der Waals surface area (Å²) >= 11 is 7.25. The van der Waals surface area contributed by atoms with Gasteiger partial charge in [0, 0.05) is 22.8 Å². The first kappa shape index (κ1) is 22.1. The van der Waals surface area contributed by atoms with Crippen LogP contribution in [-0.4, -0.2) is 27.0 Å². The highest BCUT2D eigenvalue weighted by Gasteiger charge is 2.15. The topological polar surface area (TPSA) is 81.1 Å². The van der Waals surface area contributed by atoms with E-state index in [1.807, 2.05) is 13.8 Å². The highest BCUT2D eigenvalue weighted by Crippen LogP contribution is 2.21. The molecule has 156 valence electrons. The van der Waals surface area contributed by atoms with Crippen molar-refractivity contribution in [1.29, 1.82) is 0 Å². The summed E-state index contributed by atoms with van der Waals surface area (Å²) in [5.74, 6) is 0.0689. The number of nitrogens with one attached hydrogen (secondary N) is 1. The molecule has 3 rings (SSSR count). The lowest BCUT2D eigenvalue weighted by Gasteiger charge is -2.15. The quantitative estimate of drug-likeness (QED) is 0.327. The standard InChI is InChI=1S/C22H22ClN3O3S/c1-13(2)11-26-21(29)18-10-16(23)6-9-19(18)25-22(26)30-12-20(28)24-17-7-4-15(5-8-17)14(3)27/h4-10,13H,11-12H2,1-3H3,(H,24,28). The Kier molecular flexibility index (Phi) is 6.95. The number of carbonyl (C=O) groups is 2. The minimum Gasteiger partial charge on any atom is -0.325 e. The molecule has 2 aromatic carbocycles. The lowest BCUT2D eigenvalue weighted by atomic mass is 10.1. The zero-order chi connectivity index (χ0) is 21.8. The van der Waals surface area contributed by atoms with E-state index in [-0.39, 0.29) is 28.9 Å². The van der Waals surface area contributed by atoms with Crippen molar-refractivity contribution >= 4 is 51.6 Å². The third kappa shape index (κ3) is 5.29. The van der Waals surface area contributed by atoms with Crippen LogP contribution in [0.25, 0.3) is 10.9 Å². The molecule has 0 fully saturated rings. The SMILES string of the molecule is CC(=O)c1ccc(NC(=O)CSc2nc3ccc(Cl)cc3c(=O)n2CC(C)C)cc1. The van der Waals surface area contributed by atoms with E-state index < -0.39 is 0 Å². The highest BCUT2D eigenvalue weighted by molar-refractivity contribution is 7.99. The Morgan fingerprint density at radius 3 is 2.50 bits per heavy atom. The van der Waals surface area contributed by atoms with Gasteiger partial charge >= 0.3 is 0 Å². The number of aromatic nitrogens is 2. The van der Waals surface area contributed by atoms with E-state index >= 15 is 0 Å². The van der Waals surface area contributed by atoms with Gasteiger partial charge in [0.1, 0.15) is 0 Å². The molecule has 1 amide bonds. The van der Waals surface area contributed by atoms with Gasteiger partial charge in [-0.25, -0.2) is 4.98 Å². The lowest BCUT2D eigenvalue weighted by Crippen LogP contribution is -2.26. The molecule has 0 aliphatic carbocycles. The fraction of sp³-hybridized carbons (Fsp3) is 0.273. The minimum atomic E-state index is -0.225. The monoisotopic (exact) mass is 443 g/mol. The summed E-state index contributed by atoms with van der Waals surface area (Å²) < 4.78 is 1.60. The van der Waals surface area contributed by atoms with E-state index in [0.29, 0.717) is 38.9 Å². The predicted molar refractivity (Wildman–Crippen MR) is 122 cm³/mol. The first-order valence-electron chi connectivity index (χ1n) is 9.48. The average molecular weight is 444 g/mol. The molecule has 30 heavy (non-hydrogen) atoms. The summed E-state index contributed by atoms with van der Waals surface area (Å²) in [5, 5.41) is 4.23. The van der Waals surface area contributed by atoms with Crippen LogP contribution in [0.3, 0.4) is 0 Å². The van der Waals surface area contributed by atoms with Crippen molar-refractivity contribution in [3.8, 4) is 0 Å². The second kappa shape index (κ2) is 9.45. The molecule has 0 aliphatic heterocycles. The Morgan fingerprint density at radius 2 is 1.87 bits per heavy atom. The van der Waals surface area contributed by atoms with E-state index in [2.05, 4.69) is 10.3 Å². The number of ketones is 1. The minimum absolute atomic E-state index is 0.0322. The maximum Gasteiger partial charge on any atom is 0.262 e. The van der Waals surface area contributed by atoms with Crippen molar-refractivity contribution in [2.45, 2.75) is 32.5 Å². The summed E-state index contributed by atoms with van der Waals surface area (Å²) in [6, 6.07) is 11.7. The smallest absolute Gasteiger partial charge is 0.262 e. The summed E-state index contributed by atoms with van der Waals surface area (Å²) in [6.45, 7) is 6.01. The Labute approximate surface area is 183 Å². The van der Waals surface area contributed by atoms with Crippen molar-refractivity contribution in [2.75, 3.05) is 11.1 Å². The van der Waals surface area contributed by atoms with Crippen molar-refractivity contribution in [3.63, 3.8) is 0 Å². The van der Waals surface area contributed by atoms with E-state index in [0.717, 1.165) is 0 Å². The van der Waals surface area contributed by atoms with Gasteiger partial charge in [0.15, 0.2) is 10.9 Å². The second-order valence-electron chi connectivity index (χ2n) is 7.34. The molecule has 0 radical (unpaired) electrons. The number of carbonyl (C=O) groups excluding carboxylic acids is 2. The number of rotatable bonds is 7. The van der Waals surface area contributed by atoms with E-state index in [4.69, 9.17) is 11.6 Å². The molecule has 1 N–H and O–H groups in total. The third-order valence-electron chi connectivity index (χ3n) is 4.34. The summed E-state index contributed by atoms with van der Waals surface area (Å²) in [7, 11) is 0. The summed E-state index contributed by atoms with van der Waals surface area (Å²) in [4.78, 5) is 41.3. The summed E-state index contributed by atoms with van der Waals surface area (Å²) in [6.07, 6.45) is 0. The van der Waals surface area contributed by atoms with Gasteiger partial charge < -0.3 is 5.32 Å². The first-order valence-corrected chi connectivity index (χ1v) is 10.8. The number of amides is 1. The number of nitrogens with zero attached hydrogens (tertiary/aromatic N) is 2. The van der Waals surface area contributed by atoms with E-state index in [9.17, 15) is 14.4 Å². The first-order chi connectivity index (χ1) is 14.2. The molecular formula is C22H22ClN3O3S. The number of Topliss-reactive ketones (excluding diaryl/α,β-unsaturated/α-hetero) is 1. The number of anilines is 1. The normalized spacial score (nSPS) is 11.1. The molecule has 8 heteroatoms. The largest absolute Gasteiger partial charge is 0.325 e. The number of hydrogen-bond donors (Lipinski definition) is 1. The molecule has 0 saturated carbocycles. The van der Waals surface area contributed by atoms with Crippen molar-refractivity contribution in [1.82, 2.24) is 9.55 Å². The molecule has 0 atom stereocenters. The van der Waals surface area contributed by atoms with E-state index in [1.54, 1.807) is 47.0 Å². The molecule has 0 bridgehead atoms. The Hall–Kier alpha value is -2.64. The van der Waals surface area contributed by atoms with Crippen LogP contribution in [-0.2, 0) is 11.3 Å². The molecular weight excluding hydrogens is 422 g/mol. The lowest BCUT2D eigenvalue weighted by molar-refractivity contribution is -0.113. The van der Waals surface area contributed by atoms with Crippen LogP contribution in [0.15, 0.2) is 52.4 Å². The molecule has 0 spiro atoms. The fourth-order valence-corrected chi connectivity index (χ4v) is 3.91. The zero-order valence-corrected chi connectivity index (χ0v) is 18.5. The Bertz CT molecular complexity index is 1160. The van der Waals surface area contributed by atoms with Gasteiger partial charge in [-0.3, -0.25) is 19.0 Å². The Morgan fingerprint density at radius 1 is 1.17 bits per heavy atom. The number of halogens is 1. The number of thioether (sulfide) groups is 1. The molecule has 1 heterocycles. The third-order valence-corrected chi connectivity index (χ3v) is 5.55. The number of fused-ring (bicyclic) bond motifs is 1. The molecule has 0 unspecified atom stereocenters. The maximum absolute atomic E-state index is 13.0. The predicted octanol–water partition coefficient (Wildman–Crippen LogP) is 4.64. The average Bonchev–Trinajstić information content (AvgIpc) is 2.69. The highest BCUT2D eigenvalue weighted by atomic mass is 35.5. The molecule has 6 nitrogen and oxygen atoms in total. The van der Waals surface area contributed by atoms with Gasteiger partial charge in [-0.1, -0.05) is 37.2 Å². The Balaban J connectivity index is 1.80. The molecule has 0 saturated heterocycles. The molecule has 3 aromatic rings. The van der Waals surface area contributed by atoms with Crippen LogP contribution < -0.4 is 10.9 Å². The molecule has 1 aromatic heterocycles. The van der Waals surface area contributed by atoms with Crippen LogP contribution in [0.5, 0.6) is 0 Å². The van der Waals surface area contributed by atoms with Crippen LogP contribution in [0.1, 0.15) is 31.1 Å². The van der Waals surface area contributed by atoms with Gasteiger partial charge in [-0.2, -0.15) is 0 Å². The number of hydrogen-bond acceptors (Lipinski definition) is 5. The maximum atomic E-state index is 13.0. The zero-order valence-electron chi connectivity index (χ0n) is 16.9. The summed E-state index contributed by atoms with van der Waals surface area (Å²) in [5.41, 5.74) is 1.57. The van der Waals surface area contributed by atoms with Gasteiger partial charge in [0.2, 0.25) is 5.91 Å². The van der Waals surface area contributed by atoms with Gasteiger partial charge in [0.25, 0.3) is 5.56 Å².